The minimum Gasteiger partial charge on any atom is -0.490 e. The third-order valence-electron chi connectivity index (χ3n) is 2.12. The summed E-state index contributed by atoms with van der Waals surface area (Å²) in [6, 6.07) is 1.96. The summed E-state index contributed by atoms with van der Waals surface area (Å²) in [5, 5.41) is 0. The van der Waals surface area contributed by atoms with Crippen LogP contribution in [0.4, 0.5) is 0 Å². The zero-order chi connectivity index (χ0) is 9.26. The van der Waals surface area contributed by atoms with E-state index in [0.717, 1.165) is 17.0 Å². The molecule has 1 heterocycles. The number of hydrogen-bond donors (Lipinski definition) is 1. The number of rotatable bonds is 3. The molecule has 3 nitrogen and oxygen atoms in total. The zero-order valence-corrected chi connectivity index (χ0v) is 7.79. The van der Waals surface area contributed by atoms with E-state index >= 15 is 0 Å². The van der Waals surface area contributed by atoms with Gasteiger partial charge in [-0.15, -0.1) is 0 Å². The molecule has 0 saturated heterocycles. The van der Waals surface area contributed by atoms with Gasteiger partial charge in [0.15, 0.2) is 0 Å². The van der Waals surface area contributed by atoms with E-state index in [2.05, 4.69) is 4.98 Å². The maximum Gasteiger partial charge on any atom is 0.127 e. The van der Waals surface area contributed by atoms with Crippen molar-refractivity contribution in [2.75, 3.05) is 0 Å². The molecule has 3 heteroatoms. The highest BCUT2D eigenvalue weighted by atomic mass is 16.5. The second kappa shape index (κ2) is 3.34. The van der Waals surface area contributed by atoms with E-state index in [9.17, 15) is 0 Å². The molecular formula is C10H14N2O. The zero-order valence-electron chi connectivity index (χ0n) is 7.79. The molecule has 70 valence electrons. The third-order valence-corrected chi connectivity index (χ3v) is 2.12. The Bertz CT molecular complexity index is 308. The van der Waals surface area contributed by atoms with E-state index in [1.807, 2.05) is 13.0 Å². The van der Waals surface area contributed by atoms with E-state index in [0.29, 0.717) is 12.6 Å². The molecule has 0 amide bonds. The Hall–Kier alpha value is -1.09. The van der Waals surface area contributed by atoms with Crippen molar-refractivity contribution in [2.24, 2.45) is 5.73 Å². The number of ether oxygens (including phenoxy) is 1. The van der Waals surface area contributed by atoms with Crippen LogP contribution >= 0.6 is 0 Å². The Balaban J connectivity index is 2.22. The van der Waals surface area contributed by atoms with Gasteiger partial charge in [-0.1, -0.05) is 0 Å². The highest BCUT2D eigenvalue weighted by Crippen LogP contribution is 2.28. The average molecular weight is 178 g/mol. The van der Waals surface area contributed by atoms with Gasteiger partial charge in [-0.3, -0.25) is 4.98 Å². The van der Waals surface area contributed by atoms with Crippen molar-refractivity contribution in [3.05, 3.63) is 23.5 Å². The van der Waals surface area contributed by atoms with Gasteiger partial charge in [0.2, 0.25) is 0 Å². The van der Waals surface area contributed by atoms with Gasteiger partial charge in [-0.05, 0) is 19.8 Å². The molecule has 1 saturated carbocycles. The van der Waals surface area contributed by atoms with Crippen LogP contribution in [0, 0.1) is 6.92 Å². The Kier molecular flexibility index (Phi) is 2.19. The molecule has 2 rings (SSSR count). The summed E-state index contributed by atoms with van der Waals surface area (Å²) in [5.74, 6) is 0.914. The molecule has 13 heavy (non-hydrogen) atoms. The first-order chi connectivity index (χ1) is 6.29. The number of hydrogen-bond acceptors (Lipinski definition) is 3. The van der Waals surface area contributed by atoms with Crippen molar-refractivity contribution < 1.29 is 4.74 Å². The quantitative estimate of drug-likeness (QED) is 0.760. The molecule has 0 aliphatic heterocycles. The van der Waals surface area contributed by atoms with Gasteiger partial charge in [0.25, 0.3) is 0 Å². The van der Waals surface area contributed by atoms with Crippen LogP contribution in [0.5, 0.6) is 5.75 Å². The van der Waals surface area contributed by atoms with Crippen molar-refractivity contribution in [2.45, 2.75) is 32.4 Å². The first-order valence-corrected chi connectivity index (χ1v) is 4.62. The fourth-order valence-electron chi connectivity index (χ4n) is 1.19. The number of nitrogens with zero attached hydrogens (tertiary/aromatic N) is 1. The van der Waals surface area contributed by atoms with Crippen LogP contribution < -0.4 is 10.5 Å². The van der Waals surface area contributed by atoms with Crippen LogP contribution in [0.25, 0.3) is 0 Å². The van der Waals surface area contributed by atoms with E-state index < -0.39 is 0 Å². The van der Waals surface area contributed by atoms with Crippen LogP contribution in [0.3, 0.4) is 0 Å². The van der Waals surface area contributed by atoms with Crippen LogP contribution in [0.15, 0.2) is 12.3 Å². The van der Waals surface area contributed by atoms with Crippen molar-refractivity contribution in [1.82, 2.24) is 4.98 Å². The minimum absolute atomic E-state index is 0.423. The molecule has 0 spiro atoms. The lowest BCUT2D eigenvalue weighted by molar-refractivity contribution is 0.299. The molecule has 1 aromatic heterocycles. The molecule has 0 unspecified atom stereocenters. The summed E-state index contributed by atoms with van der Waals surface area (Å²) in [7, 11) is 0. The molecule has 2 N–H and O–H groups in total. The summed E-state index contributed by atoms with van der Waals surface area (Å²) in [6.45, 7) is 2.45. The predicted molar refractivity (Wildman–Crippen MR) is 50.5 cm³/mol. The number of pyridine rings is 1. The first kappa shape index (κ1) is 8.51. The summed E-state index contributed by atoms with van der Waals surface area (Å²) in [4.78, 5) is 4.18. The molecule has 0 bridgehead atoms. The molecule has 1 aromatic rings. The largest absolute Gasteiger partial charge is 0.490 e. The highest BCUT2D eigenvalue weighted by Gasteiger charge is 2.24. The summed E-state index contributed by atoms with van der Waals surface area (Å²) in [5.41, 5.74) is 7.55. The Labute approximate surface area is 77.9 Å². The van der Waals surface area contributed by atoms with Crippen LogP contribution in [0.2, 0.25) is 0 Å². The van der Waals surface area contributed by atoms with E-state index in [-0.39, 0.29) is 0 Å². The maximum absolute atomic E-state index is 5.71. The predicted octanol–water partition coefficient (Wildman–Crippen LogP) is 1.39. The minimum atomic E-state index is 0.423. The average Bonchev–Trinajstić information content (AvgIpc) is 2.89. The van der Waals surface area contributed by atoms with Gasteiger partial charge in [0.1, 0.15) is 5.75 Å². The smallest absolute Gasteiger partial charge is 0.127 e. The van der Waals surface area contributed by atoms with Gasteiger partial charge < -0.3 is 10.5 Å². The van der Waals surface area contributed by atoms with E-state index in [4.69, 9.17) is 10.5 Å². The lowest BCUT2D eigenvalue weighted by Crippen LogP contribution is -2.05. The lowest BCUT2D eigenvalue weighted by atomic mass is 10.2. The highest BCUT2D eigenvalue weighted by molar-refractivity contribution is 5.33. The summed E-state index contributed by atoms with van der Waals surface area (Å²) < 4.78 is 5.71. The fourth-order valence-corrected chi connectivity index (χ4v) is 1.19. The normalized spacial score (nSPS) is 15.8. The lowest BCUT2D eigenvalue weighted by Gasteiger charge is -2.09. The van der Waals surface area contributed by atoms with Crippen molar-refractivity contribution >= 4 is 0 Å². The Morgan fingerprint density at radius 1 is 1.62 bits per heavy atom. The van der Waals surface area contributed by atoms with Gasteiger partial charge in [-0.25, -0.2) is 0 Å². The second-order valence-electron chi connectivity index (χ2n) is 3.45. The third kappa shape index (κ3) is 1.98. The molecular weight excluding hydrogens is 164 g/mol. The monoisotopic (exact) mass is 178 g/mol. The van der Waals surface area contributed by atoms with E-state index in [1.165, 1.54) is 12.8 Å². The molecule has 0 radical (unpaired) electrons. The molecule has 1 aliphatic rings. The van der Waals surface area contributed by atoms with Crippen LogP contribution in [0.1, 0.15) is 24.1 Å². The molecule has 1 aliphatic carbocycles. The standard InChI is InChI=1S/C10H14N2O/c1-7-4-10(13-9-2-3-9)8(5-11)6-12-7/h4,6,9H,2-3,5,11H2,1H3. The number of aryl methyl sites for hydroxylation is 1. The number of nitrogens with two attached hydrogens (primary N) is 1. The van der Waals surface area contributed by atoms with Crippen LogP contribution in [-0.2, 0) is 6.54 Å². The molecule has 0 atom stereocenters. The Morgan fingerprint density at radius 2 is 2.38 bits per heavy atom. The first-order valence-electron chi connectivity index (χ1n) is 4.62. The molecule has 1 fully saturated rings. The van der Waals surface area contributed by atoms with Gasteiger partial charge in [0.05, 0.1) is 6.10 Å². The topological polar surface area (TPSA) is 48.1 Å². The maximum atomic E-state index is 5.71. The van der Waals surface area contributed by atoms with Gasteiger partial charge >= 0.3 is 0 Å². The van der Waals surface area contributed by atoms with Gasteiger partial charge in [0, 0.05) is 30.1 Å². The van der Waals surface area contributed by atoms with Crippen molar-refractivity contribution in [1.29, 1.82) is 0 Å². The Morgan fingerprint density at radius 3 is 3.00 bits per heavy atom. The molecule has 0 aromatic carbocycles. The summed E-state index contributed by atoms with van der Waals surface area (Å²) in [6.07, 6.45) is 4.57. The van der Waals surface area contributed by atoms with Gasteiger partial charge in [-0.2, -0.15) is 0 Å². The second-order valence-corrected chi connectivity index (χ2v) is 3.45. The fraction of sp³-hybridized carbons (Fsp3) is 0.500. The van der Waals surface area contributed by atoms with Crippen molar-refractivity contribution in [3.8, 4) is 5.75 Å². The van der Waals surface area contributed by atoms with E-state index in [1.54, 1.807) is 6.20 Å². The number of aromatic nitrogens is 1. The summed E-state index contributed by atoms with van der Waals surface area (Å²) >= 11 is 0. The van der Waals surface area contributed by atoms with Crippen LogP contribution in [-0.4, -0.2) is 11.1 Å². The SMILES string of the molecule is Cc1cc(OC2CC2)c(CN)cn1. The van der Waals surface area contributed by atoms with Crippen molar-refractivity contribution in [3.63, 3.8) is 0 Å².